The smallest absolute Gasteiger partial charge is 0.241 e. The fourth-order valence-corrected chi connectivity index (χ4v) is 1.79. The third kappa shape index (κ3) is 3.00. The van der Waals surface area contributed by atoms with Gasteiger partial charge in [-0.15, -0.1) is 5.10 Å². The summed E-state index contributed by atoms with van der Waals surface area (Å²) in [6.45, 7) is 5.75. The maximum Gasteiger partial charge on any atom is 0.241 e. The predicted molar refractivity (Wildman–Crippen MR) is 75.3 cm³/mol. The predicted octanol–water partition coefficient (Wildman–Crippen LogP) is 0.893. The number of anilines is 1. The summed E-state index contributed by atoms with van der Waals surface area (Å²) in [4.78, 5) is 11.9. The average Bonchev–Trinajstić information content (AvgIpc) is 2.91. The van der Waals surface area contributed by atoms with E-state index in [4.69, 9.17) is 5.73 Å². The van der Waals surface area contributed by atoms with Crippen LogP contribution in [0.15, 0.2) is 24.5 Å². The molecule has 20 heavy (non-hydrogen) atoms. The third-order valence-electron chi connectivity index (χ3n) is 3.08. The summed E-state index contributed by atoms with van der Waals surface area (Å²) in [6.07, 6.45) is 1.52. The maximum atomic E-state index is 11.9. The monoisotopic (exact) mass is 274 g/mol. The maximum absolute atomic E-state index is 11.9. The highest BCUT2D eigenvalue weighted by Crippen LogP contribution is 2.18. The first-order valence-electron chi connectivity index (χ1n) is 6.39. The van der Waals surface area contributed by atoms with Crippen molar-refractivity contribution >= 4 is 11.6 Å². The number of carbonyl (C=O) groups excluding carboxylic acids is 1. The molecule has 0 spiro atoms. The van der Waals surface area contributed by atoms with E-state index in [-0.39, 0.29) is 11.8 Å². The van der Waals surface area contributed by atoms with E-state index in [2.05, 4.69) is 20.8 Å². The number of rotatable bonds is 4. The van der Waals surface area contributed by atoms with Crippen molar-refractivity contribution in [2.45, 2.75) is 26.8 Å². The molecule has 3 N–H and O–H groups in total. The zero-order valence-corrected chi connectivity index (χ0v) is 11.7. The van der Waals surface area contributed by atoms with E-state index in [0.717, 1.165) is 11.3 Å². The SMILES string of the molecule is Cc1cc(NC(=O)[C@H](N)C(C)C)ccc1-n1cnnn1. The average molecular weight is 274 g/mol. The summed E-state index contributed by atoms with van der Waals surface area (Å²) in [5.41, 5.74) is 8.33. The topological polar surface area (TPSA) is 98.7 Å². The van der Waals surface area contributed by atoms with Crippen LogP contribution in [0, 0.1) is 12.8 Å². The van der Waals surface area contributed by atoms with Crippen molar-refractivity contribution in [2.24, 2.45) is 11.7 Å². The largest absolute Gasteiger partial charge is 0.325 e. The van der Waals surface area contributed by atoms with E-state index in [0.29, 0.717) is 5.69 Å². The Hall–Kier alpha value is -2.28. The lowest BCUT2D eigenvalue weighted by Crippen LogP contribution is -2.39. The van der Waals surface area contributed by atoms with Gasteiger partial charge >= 0.3 is 0 Å². The van der Waals surface area contributed by atoms with Crippen molar-refractivity contribution in [3.05, 3.63) is 30.1 Å². The summed E-state index contributed by atoms with van der Waals surface area (Å²) in [5.74, 6) is -0.0915. The van der Waals surface area contributed by atoms with Crippen LogP contribution < -0.4 is 11.1 Å². The molecule has 106 valence electrons. The lowest BCUT2D eigenvalue weighted by atomic mass is 10.0. The first kappa shape index (κ1) is 14.1. The standard InChI is InChI=1S/C13H18N6O/c1-8(2)12(14)13(20)16-10-4-5-11(9(3)6-10)19-7-15-17-18-19/h4-8,12H,14H2,1-3H3,(H,16,20)/t12-/m1/s1. The number of amides is 1. The molecule has 0 aliphatic rings. The second-order valence-electron chi connectivity index (χ2n) is 5.01. The number of carbonyl (C=O) groups is 1. The Morgan fingerprint density at radius 1 is 1.40 bits per heavy atom. The van der Waals surface area contributed by atoms with Crippen LogP contribution in [-0.2, 0) is 4.79 Å². The number of hydrogen-bond donors (Lipinski definition) is 2. The normalized spacial score (nSPS) is 12.4. The van der Waals surface area contributed by atoms with Gasteiger partial charge in [-0.2, -0.15) is 0 Å². The van der Waals surface area contributed by atoms with Crippen molar-refractivity contribution in [1.29, 1.82) is 0 Å². The van der Waals surface area contributed by atoms with E-state index >= 15 is 0 Å². The van der Waals surface area contributed by atoms with E-state index in [1.165, 1.54) is 6.33 Å². The van der Waals surface area contributed by atoms with Gasteiger partial charge in [0, 0.05) is 5.69 Å². The molecular weight excluding hydrogens is 256 g/mol. The van der Waals surface area contributed by atoms with Crippen molar-refractivity contribution in [3.8, 4) is 5.69 Å². The van der Waals surface area contributed by atoms with Crippen molar-refractivity contribution in [3.63, 3.8) is 0 Å². The van der Waals surface area contributed by atoms with Crippen LogP contribution in [0.4, 0.5) is 5.69 Å². The van der Waals surface area contributed by atoms with Crippen LogP contribution in [0.5, 0.6) is 0 Å². The highest BCUT2D eigenvalue weighted by atomic mass is 16.2. The van der Waals surface area contributed by atoms with Crippen LogP contribution >= 0.6 is 0 Å². The Bertz CT molecular complexity index is 593. The fourth-order valence-electron chi connectivity index (χ4n) is 1.79. The van der Waals surface area contributed by atoms with Crippen LogP contribution in [0.3, 0.4) is 0 Å². The number of benzene rings is 1. The summed E-state index contributed by atoms with van der Waals surface area (Å²) < 4.78 is 1.57. The minimum atomic E-state index is -0.519. The number of aromatic nitrogens is 4. The molecule has 0 aliphatic heterocycles. The van der Waals surface area contributed by atoms with E-state index in [1.54, 1.807) is 10.7 Å². The molecule has 7 nitrogen and oxygen atoms in total. The molecule has 0 bridgehead atoms. The van der Waals surface area contributed by atoms with Gasteiger partial charge in [0.2, 0.25) is 5.91 Å². The first-order chi connectivity index (χ1) is 9.49. The second-order valence-corrected chi connectivity index (χ2v) is 5.01. The molecular formula is C13H18N6O. The fraction of sp³-hybridized carbons (Fsp3) is 0.385. The molecule has 1 heterocycles. The molecule has 0 saturated heterocycles. The molecule has 1 amide bonds. The quantitative estimate of drug-likeness (QED) is 0.862. The number of nitrogens with two attached hydrogens (primary N) is 1. The molecule has 2 rings (SSSR count). The van der Waals surface area contributed by atoms with Crippen molar-refractivity contribution in [1.82, 2.24) is 20.2 Å². The van der Waals surface area contributed by atoms with Crippen LogP contribution in [0.1, 0.15) is 19.4 Å². The lowest BCUT2D eigenvalue weighted by Gasteiger charge is -2.16. The van der Waals surface area contributed by atoms with Gasteiger partial charge in [0.25, 0.3) is 0 Å². The molecule has 0 radical (unpaired) electrons. The Labute approximate surface area is 117 Å². The highest BCUT2D eigenvalue weighted by Gasteiger charge is 2.17. The van der Waals surface area contributed by atoms with E-state index in [1.807, 2.05) is 32.9 Å². The molecule has 1 atom stereocenters. The molecule has 2 aromatic rings. The van der Waals surface area contributed by atoms with E-state index in [9.17, 15) is 4.79 Å². The Kier molecular flexibility index (Phi) is 4.09. The Morgan fingerprint density at radius 3 is 2.70 bits per heavy atom. The summed E-state index contributed by atoms with van der Waals surface area (Å²) in [5, 5.41) is 13.8. The highest BCUT2D eigenvalue weighted by molar-refractivity contribution is 5.95. The van der Waals surface area contributed by atoms with Gasteiger partial charge in [-0.3, -0.25) is 4.79 Å². The number of hydrogen-bond acceptors (Lipinski definition) is 5. The number of nitrogens with one attached hydrogen (secondary N) is 1. The third-order valence-corrected chi connectivity index (χ3v) is 3.08. The number of tetrazole rings is 1. The Balaban J connectivity index is 2.16. The van der Waals surface area contributed by atoms with Gasteiger partial charge in [0.1, 0.15) is 6.33 Å². The second kappa shape index (κ2) is 5.79. The first-order valence-corrected chi connectivity index (χ1v) is 6.39. The van der Waals surface area contributed by atoms with Crippen molar-refractivity contribution < 1.29 is 4.79 Å². The molecule has 0 saturated carbocycles. The van der Waals surface area contributed by atoms with Gasteiger partial charge in [0.05, 0.1) is 11.7 Å². The van der Waals surface area contributed by atoms with Crippen LogP contribution in [-0.4, -0.2) is 32.2 Å². The zero-order valence-electron chi connectivity index (χ0n) is 11.7. The number of nitrogens with zero attached hydrogens (tertiary/aromatic N) is 4. The van der Waals surface area contributed by atoms with Gasteiger partial charge in [0.15, 0.2) is 0 Å². The zero-order chi connectivity index (χ0) is 14.7. The minimum absolute atomic E-state index is 0.0941. The van der Waals surface area contributed by atoms with Gasteiger partial charge < -0.3 is 11.1 Å². The minimum Gasteiger partial charge on any atom is -0.325 e. The molecule has 1 aromatic heterocycles. The number of aryl methyl sites for hydroxylation is 1. The molecule has 0 unspecified atom stereocenters. The summed E-state index contributed by atoms with van der Waals surface area (Å²) >= 11 is 0. The van der Waals surface area contributed by atoms with Crippen LogP contribution in [0.2, 0.25) is 0 Å². The molecule has 1 aromatic carbocycles. The molecule has 7 heteroatoms. The van der Waals surface area contributed by atoms with Crippen LogP contribution in [0.25, 0.3) is 5.69 Å². The van der Waals surface area contributed by atoms with Gasteiger partial charge in [-0.1, -0.05) is 13.8 Å². The summed E-state index contributed by atoms with van der Waals surface area (Å²) in [7, 11) is 0. The Morgan fingerprint density at radius 2 is 2.15 bits per heavy atom. The lowest BCUT2D eigenvalue weighted by molar-refractivity contribution is -0.118. The van der Waals surface area contributed by atoms with Gasteiger partial charge in [-0.05, 0) is 47.0 Å². The van der Waals surface area contributed by atoms with E-state index < -0.39 is 6.04 Å². The summed E-state index contributed by atoms with van der Waals surface area (Å²) in [6, 6.07) is 4.99. The molecule has 0 aliphatic carbocycles. The van der Waals surface area contributed by atoms with Crippen molar-refractivity contribution in [2.75, 3.05) is 5.32 Å². The molecule has 0 fully saturated rings. The van der Waals surface area contributed by atoms with Gasteiger partial charge in [-0.25, -0.2) is 4.68 Å².